The number of nitrogens with one attached hydrogen (secondary N) is 2. The summed E-state index contributed by atoms with van der Waals surface area (Å²) in [6.07, 6.45) is -3.07. The fourth-order valence-electron chi connectivity index (χ4n) is 2.76. The molecular formula is C22H14ClF5N4O2. The number of nitrogens with zero attached hydrogens (tertiary/aromatic N) is 2. The number of amides is 2. The van der Waals surface area contributed by atoms with Crippen LogP contribution in [0, 0.1) is 18.6 Å². The molecule has 6 nitrogen and oxygen atoms in total. The first-order valence-electron chi connectivity index (χ1n) is 9.39. The number of anilines is 1. The molecule has 0 aliphatic rings. The van der Waals surface area contributed by atoms with Crippen molar-refractivity contribution < 1.29 is 31.5 Å². The monoisotopic (exact) mass is 496 g/mol. The summed E-state index contributed by atoms with van der Waals surface area (Å²) < 4.78 is 66.5. The Labute approximate surface area is 194 Å². The van der Waals surface area contributed by atoms with Crippen LogP contribution in [0.25, 0.3) is 0 Å². The lowest BCUT2D eigenvalue weighted by molar-refractivity contribution is -0.137. The maximum Gasteiger partial charge on any atom is 0.417 e. The van der Waals surface area contributed by atoms with Crippen molar-refractivity contribution in [3.05, 3.63) is 93.3 Å². The number of hydrogen-bond acceptors (Lipinski definition) is 4. The van der Waals surface area contributed by atoms with E-state index >= 15 is 0 Å². The van der Waals surface area contributed by atoms with Crippen molar-refractivity contribution in [2.45, 2.75) is 13.1 Å². The van der Waals surface area contributed by atoms with Crippen LogP contribution in [0.1, 0.15) is 37.5 Å². The number of aromatic nitrogens is 1. The zero-order valence-corrected chi connectivity index (χ0v) is 17.9. The smallest absolute Gasteiger partial charge is 0.317 e. The highest BCUT2D eigenvalue weighted by Crippen LogP contribution is 2.31. The zero-order chi connectivity index (χ0) is 25.0. The van der Waals surface area contributed by atoms with Crippen molar-refractivity contribution in [3.8, 4) is 0 Å². The minimum Gasteiger partial charge on any atom is -0.317 e. The molecule has 2 N–H and O–H groups in total. The summed E-state index contributed by atoms with van der Waals surface area (Å²) in [6.45, 7) is 1.80. The molecule has 0 spiro atoms. The number of pyridine rings is 1. The fraction of sp³-hybridized carbons (Fsp3) is 0.0909. The van der Waals surface area contributed by atoms with Crippen LogP contribution in [-0.4, -0.2) is 23.0 Å². The van der Waals surface area contributed by atoms with E-state index in [0.29, 0.717) is 30.0 Å². The van der Waals surface area contributed by atoms with Gasteiger partial charge < -0.3 is 5.32 Å². The number of carbonyl (C=O) groups excluding carboxylic acids is 2. The minimum absolute atomic E-state index is 0.371. The molecule has 0 aliphatic carbocycles. The van der Waals surface area contributed by atoms with E-state index in [1.165, 1.54) is 6.21 Å². The Bertz CT molecular complexity index is 1290. The van der Waals surface area contributed by atoms with Gasteiger partial charge in [-0.15, -0.1) is 0 Å². The Kier molecular flexibility index (Phi) is 7.26. The number of hydrogen-bond donors (Lipinski definition) is 2. The Hall–Kier alpha value is -3.86. The van der Waals surface area contributed by atoms with Crippen LogP contribution in [0.15, 0.2) is 53.8 Å². The van der Waals surface area contributed by atoms with Gasteiger partial charge in [-0.2, -0.15) is 18.3 Å². The predicted molar refractivity (Wildman–Crippen MR) is 115 cm³/mol. The standard InChI is InChI=1S/C22H14ClF5N4O2/c1-11-4-2-3-5-12(11)9-30-32-20(33)15-7-14(24)8-17(25)18(15)31-21(34)19-16(23)6-13(10-29-19)22(26,27)28/h2-10H,1H3,(H,31,34)(H,32,33). The van der Waals surface area contributed by atoms with Crippen LogP contribution in [0.2, 0.25) is 5.02 Å². The summed E-state index contributed by atoms with van der Waals surface area (Å²) in [5.41, 5.74) is 0.385. The van der Waals surface area contributed by atoms with E-state index in [9.17, 15) is 31.5 Å². The molecule has 0 aliphatic heterocycles. The third-order valence-corrected chi connectivity index (χ3v) is 4.77. The second-order valence-corrected chi connectivity index (χ2v) is 7.28. The molecule has 0 radical (unpaired) electrons. The summed E-state index contributed by atoms with van der Waals surface area (Å²) in [5, 5.41) is 5.08. The number of aryl methyl sites for hydroxylation is 1. The highest BCUT2D eigenvalue weighted by molar-refractivity contribution is 6.34. The molecule has 3 aromatic rings. The fourth-order valence-corrected chi connectivity index (χ4v) is 3.02. The van der Waals surface area contributed by atoms with Crippen molar-refractivity contribution in [2.75, 3.05) is 5.32 Å². The highest BCUT2D eigenvalue weighted by atomic mass is 35.5. The van der Waals surface area contributed by atoms with Gasteiger partial charge in [0, 0.05) is 12.3 Å². The Morgan fingerprint density at radius 3 is 2.44 bits per heavy atom. The number of rotatable bonds is 5. The van der Waals surface area contributed by atoms with Crippen LogP contribution in [0.5, 0.6) is 0 Å². The molecule has 0 unspecified atom stereocenters. The molecule has 34 heavy (non-hydrogen) atoms. The average Bonchev–Trinajstić information content (AvgIpc) is 2.75. The van der Waals surface area contributed by atoms with Gasteiger partial charge in [0.2, 0.25) is 0 Å². The molecule has 0 fully saturated rings. The molecule has 12 heteroatoms. The topological polar surface area (TPSA) is 83.5 Å². The molecule has 0 saturated carbocycles. The van der Waals surface area contributed by atoms with Crippen LogP contribution < -0.4 is 10.7 Å². The third-order valence-electron chi connectivity index (χ3n) is 4.48. The van der Waals surface area contributed by atoms with Gasteiger partial charge in [0.25, 0.3) is 11.8 Å². The molecule has 1 heterocycles. The van der Waals surface area contributed by atoms with E-state index in [1.54, 1.807) is 31.2 Å². The lowest BCUT2D eigenvalue weighted by Gasteiger charge is -2.13. The van der Waals surface area contributed by atoms with Crippen LogP contribution in [0.4, 0.5) is 27.6 Å². The molecule has 2 amide bonds. The van der Waals surface area contributed by atoms with Crippen LogP contribution >= 0.6 is 11.6 Å². The SMILES string of the molecule is Cc1ccccc1C=NNC(=O)c1cc(F)cc(F)c1NC(=O)c1ncc(C(F)(F)F)cc1Cl. The second kappa shape index (κ2) is 9.96. The molecule has 0 bridgehead atoms. The van der Waals surface area contributed by atoms with E-state index < -0.39 is 57.2 Å². The van der Waals surface area contributed by atoms with Gasteiger partial charge in [-0.1, -0.05) is 35.9 Å². The zero-order valence-electron chi connectivity index (χ0n) is 17.2. The van der Waals surface area contributed by atoms with Gasteiger partial charge >= 0.3 is 6.18 Å². The van der Waals surface area contributed by atoms with Crippen LogP contribution in [0.3, 0.4) is 0 Å². The molecule has 3 rings (SSSR count). The number of alkyl halides is 3. The minimum atomic E-state index is -4.75. The van der Waals surface area contributed by atoms with Crippen molar-refractivity contribution in [2.24, 2.45) is 5.10 Å². The number of carbonyl (C=O) groups is 2. The molecular weight excluding hydrogens is 483 g/mol. The van der Waals surface area contributed by atoms with E-state index in [0.717, 1.165) is 5.56 Å². The summed E-state index contributed by atoms with van der Waals surface area (Å²) in [7, 11) is 0. The maximum atomic E-state index is 14.4. The Morgan fingerprint density at radius 2 is 1.79 bits per heavy atom. The van der Waals surface area contributed by atoms with Crippen molar-refractivity contribution in [1.29, 1.82) is 0 Å². The number of halogens is 6. The first-order valence-corrected chi connectivity index (χ1v) is 9.77. The van der Waals surface area contributed by atoms with Gasteiger partial charge in [-0.3, -0.25) is 9.59 Å². The molecule has 0 atom stereocenters. The van der Waals surface area contributed by atoms with Gasteiger partial charge in [0.05, 0.1) is 28.1 Å². The first-order chi connectivity index (χ1) is 16.0. The predicted octanol–water partition coefficient (Wildman–Crippen LogP) is 5.36. The largest absolute Gasteiger partial charge is 0.417 e. The second-order valence-electron chi connectivity index (χ2n) is 6.87. The van der Waals surface area contributed by atoms with Crippen LogP contribution in [-0.2, 0) is 6.18 Å². The van der Waals surface area contributed by atoms with Crippen molar-refractivity contribution in [1.82, 2.24) is 10.4 Å². The van der Waals surface area contributed by atoms with Gasteiger partial charge in [0.15, 0.2) is 0 Å². The quantitative estimate of drug-likeness (QED) is 0.283. The van der Waals surface area contributed by atoms with E-state index in [1.807, 2.05) is 5.32 Å². The van der Waals surface area contributed by atoms with E-state index in [-0.39, 0.29) is 0 Å². The normalized spacial score (nSPS) is 11.5. The van der Waals surface area contributed by atoms with Crippen molar-refractivity contribution in [3.63, 3.8) is 0 Å². The van der Waals surface area contributed by atoms with Gasteiger partial charge in [0.1, 0.15) is 17.3 Å². The summed E-state index contributed by atoms with van der Waals surface area (Å²) in [6, 6.07) is 8.60. The Morgan fingerprint density at radius 1 is 1.09 bits per heavy atom. The van der Waals surface area contributed by atoms with Gasteiger partial charge in [-0.05, 0) is 30.2 Å². The molecule has 0 saturated heterocycles. The summed E-state index contributed by atoms with van der Waals surface area (Å²) in [4.78, 5) is 28.4. The van der Waals surface area contributed by atoms with Crippen molar-refractivity contribution >= 4 is 35.3 Å². The lowest BCUT2D eigenvalue weighted by atomic mass is 10.1. The van der Waals surface area contributed by atoms with Gasteiger partial charge in [-0.25, -0.2) is 19.2 Å². The summed E-state index contributed by atoms with van der Waals surface area (Å²) >= 11 is 5.73. The van der Waals surface area contributed by atoms with E-state index in [2.05, 4.69) is 15.5 Å². The third kappa shape index (κ3) is 5.73. The van der Waals surface area contributed by atoms with E-state index in [4.69, 9.17) is 11.6 Å². The average molecular weight is 497 g/mol. The molecule has 1 aromatic heterocycles. The first kappa shape index (κ1) is 24.8. The maximum absolute atomic E-state index is 14.4. The Balaban J connectivity index is 1.86. The molecule has 2 aromatic carbocycles. The lowest BCUT2D eigenvalue weighted by Crippen LogP contribution is -2.23. The number of hydrazone groups is 1. The number of benzene rings is 2. The highest BCUT2D eigenvalue weighted by Gasteiger charge is 2.32. The molecule has 176 valence electrons. The summed E-state index contributed by atoms with van der Waals surface area (Å²) in [5.74, 6) is -4.72.